The molecule has 0 saturated carbocycles. The Balaban J connectivity index is 1.97. The van der Waals surface area contributed by atoms with Gasteiger partial charge in [0.25, 0.3) is 0 Å². The largest absolute Gasteiger partial charge is 0.389 e. The molecule has 2 aromatic rings. The molecule has 102 valence electrons. The normalized spacial score (nSPS) is 10.1. The second kappa shape index (κ2) is 6.30. The van der Waals surface area contributed by atoms with E-state index >= 15 is 0 Å². The molecule has 0 saturated heterocycles. The van der Waals surface area contributed by atoms with Crippen molar-refractivity contribution in [3.8, 4) is 0 Å². The molecule has 0 bridgehead atoms. The molecule has 1 amide bonds. The number of nitrogens with one attached hydrogen (secondary N) is 1. The van der Waals surface area contributed by atoms with Crippen LogP contribution in [-0.2, 0) is 11.2 Å². The first-order valence-electron chi connectivity index (χ1n) is 6.30. The molecule has 0 fully saturated rings. The van der Waals surface area contributed by atoms with E-state index in [0.29, 0.717) is 11.4 Å². The maximum Gasteiger partial charge on any atom is 0.228 e. The van der Waals surface area contributed by atoms with Crippen molar-refractivity contribution >= 4 is 28.8 Å². The molecule has 0 radical (unpaired) electrons. The van der Waals surface area contributed by atoms with Crippen molar-refractivity contribution in [3.63, 3.8) is 0 Å². The zero-order valence-corrected chi connectivity index (χ0v) is 12.0. The van der Waals surface area contributed by atoms with Gasteiger partial charge in [0, 0.05) is 11.3 Å². The van der Waals surface area contributed by atoms with Crippen LogP contribution in [-0.4, -0.2) is 10.9 Å². The van der Waals surface area contributed by atoms with E-state index in [-0.39, 0.29) is 5.91 Å². The van der Waals surface area contributed by atoms with E-state index in [1.807, 2.05) is 55.5 Å². The molecule has 0 spiro atoms. The number of carbonyl (C=O) groups excluding carboxylic acids is 1. The smallest absolute Gasteiger partial charge is 0.228 e. The zero-order chi connectivity index (χ0) is 14.5. The summed E-state index contributed by atoms with van der Waals surface area (Å²) in [5, 5.41) is 2.87. The number of nitrogens with two attached hydrogens (primary N) is 1. The van der Waals surface area contributed by atoms with Crippen LogP contribution in [0.25, 0.3) is 0 Å². The van der Waals surface area contributed by atoms with Gasteiger partial charge in [0.05, 0.1) is 6.42 Å². The van der Waals surface area contributed by atoms with Gasteiger partial charge in [-0.2, -0.15) is 0 Å². The van der Waals surface area contributed by atoms with Crippen LogP contribution in [0.1, 0.15) is 16.7 Å². The Kier molecular flexibility index (Phi) is 4.48. The topological polar surface area (TPSA) is 55.1 Å². The lowest BCUT2D eigenvalue weighted by atomic mass is 10.1. The van der Waals surface area contributed by atoms with Crippen LogP contribution in [0, 0.1) is 6.92 Å². The number of thiocarbonyl (C=S) groups is 1. The zero-order valence-electron chi connectivity index (χ0n) is 11.2. The molecule has 4 heteroatoms. The Morgan fingerprint density at radius 1 is 1.10 bits per heavy atom. The predicted molar refractivity (Wildman–Crippen MR) is 85.8 cm³/mol. The van der Waals surface area contributed by atoms with Gasteiger partial charge in [-0.25, -0.2) is 0 Å². The molecule has 0 aromatic heterocycles. The van der Waals surface area contributed by atoms with Gasteiger partial charge in [0.15, 0.2) is 0 Å². The number of anilines is 1. The molecule has 2 aromatic carbocycles. The monoisotopic (exact) mass is 284 g/mol. The number of rotatable bonds is 4. The van der Waals surface area contributed by atoms with Gasteiger partial charge in [0.2, 0.25) is 5.91 Å². The van der Waals surface area contributed by atoms with E-state index in [0.717, 1.165) is 22.4 Å². The molecule has 0 unspecified atom stereocenters. The molecule has 2 rings (SSSR count). The summed E-state index contributed by atoms with van der Waals surface area (Å²) in [7, 11) is 0. The Hall–Kier alpha value is -2.20. The van der Waals surface area contributed by atoms with Crippen LogP contribution in [0.5, 0.6) is 0 Å². The second-order valence-electron chi connectivity index (χ2n) is 4.65. The van der Waals surface area contributed by atoms with Crippen molar-refractivity contribution in [2.24, 2.45) is 5.73 Å². The van der Waals surface area contributed by atoms with Gasteiger partial charge in [-0.1, -0.05) is 54.2 Å². The van der Waals surface area contributed by atoms with Crippen molar-refractivity contribution in [2.75, 3.05) is 5.32 Å². The van der Waals surface area contributed by atoms with E-state index in [4.69, 9.17) is 18.0 Å². The minimum absolute atomic E-state index is 0.0445. The standard InChI is InChI=1S/C16H16N2OS/c1-11-2-8-14(9-3-11)18-15(19)10-12-4-6-13(7-5-12)16(17)20/h2-9H,10H2,1H3,(H2,17,20)(H,18,19). The van der Waals surface area contributed by atoms with E-state index < -0.39 is 0 Å². The fourth-order valence-electron chi connectivity index (χ4n) is 1.81. The van der Waals surface area contributed by atoms with Gasteiger partial charge >= 0.3 is 0 Å². The number of carbonyl (C=O) groups is 1. The Bertz CT molecular complexity index is 618. The molecule has 0 aliphatic heterocycles. The number of hydrogen-bond acceptors (Lipinski definition) is 2. The average molecular weight is 284 g/mol. The van der Waals surface area contributed by atoms with Crippen molar-refractivity contribution in [1.82, 2.24) is 0 Å². The van der Waals surface area contributed by atoms with Crippen LogP contribution in [0.2, 0.25) is 0 Å². The molecule has 0 aliphatic rings. The Labute approximate surface area is 123 Å². The maximum absolute atomic E-state index is 11.9. The maximum atomic E-state index is 11.9. The number of aryl methyl sites for hydroxylation is 1. The molecular formula is C16H16N2OS. The summed E-state index contributed by atoms with van der Waals surface area (Å²) < 4.78 is 0. The van der Waals surface area contributed by atoms with Crippen LogP contribution in [0.4, 0.5) is 5.69 Å². The summed E-state index contributed by atoms with van der Waals surface area (Å²) in [5.74, 6) is -0.0445. The highest BCUT2D eigenvalue weighted by Crippen LogP contribution is 2.10. The van der Waals surface area contributed by atoms with Gasteiger partial charge in [0.1, 0.15) is 4.99 Å². The highest BCUT2D eigenvalue weighted by Gasteiger charge is 2.04. The van der Waals surface area contributed by atoms with Gasteiger partial charge in [-0.15, -0.1) is 0 Å². The van der Waals surface area contributed by atoms with Crippen LogP contribution in [0.3, 0.4) is 0 Å². The minimum atomic E-state index is -0.0445. The highest BCUT2D eigenvalue weighted by molar-refractivity contribution is 7.80. The summed E-state index contributed by atoms with van der Waals surface area (Å²) >= 11 is 4.89. The van der Waals surface area contributed by atoms with E-state index in [2.05, 4.69) is 5.32 Å². The molecule has 0 heterocycles. The first-order valence-corrected chi connectivity index (χ1v) is 6.71. The molecule has 0 atom stereocenters. The molecular weight excluding hydrogens is 268 g/mol. The van der Waals surface area contributed by atoms with Crippen molar-refractivity contribution < 1.29 is 4.79 Å². The van der Waals surface area contributed by atoms with Crippen molar-refractivity contribution in [1.29, 1.82) is 0 Å². The molecule has 3 N–H and O–H groups in total. The Morgan fingerprint density at radius 3 is 2.25 bits per heavy atom. The molecule has 20 heavy (non-hydrogen) atoms. The third kappa shape index (κ3) is 3.90. The third-order valence-corrected chi connectivity index (χ3v) is 3.17. The summed E-state index contributed by atoms with van der Waals surface area (Å²) in [6.07, 6.45) is 0.325. The second-order valence-corrected chi connectivity index (χ2v) is 5.09. The third-order valence-electron chi connectivity index (χ3n) is 2.94. The van der Waals surface area contributed by atoms with Crippen LogP contribution < -0.4 is 11.1 Å². The first-order chi connectivity index (χ1) is 9.54. The van der Waals surface area contributed by atoms with Crippen molar-refractivity contribution in [2.45, 2.75) is 13.3 Å². The Morgan fingerprint density at radius 2 is 1.70 bits per heavy atom. The fourth-order valence-corrected chi connectivity index (χ4v) is 1.95. The lowest BCUT2D eigenvalue weighted by Gasteiger charge is -2.06. The number of hydrogen-bond donors (Lipinski definition) is 2. The molecule has 0 aliphatic carbocycles. The number of amides is 1. The summed E-state index contributed by atoms with van der Waals surface area (Å²) in [4.78, 5) is 12.3. The quantitative estimate of drug-likeness (QED) is 0.849. The van der Waals surface area contributed by atoms with E-state index in [1.54, 1.807) is 0 Å². The van der Waals surface area contributed by atoms with E-state index in [1.165, 1.54) is 0 Å². The van der Waals surface area contributed by atoms with Gasteiger partial charge in [-0.05, 0) is 24.6 Å². The average Bonchev–Trinajstić information content (AvgIpc) is 2.42. The summed E-state index contributed by atoms with van der Waals surface area (Å²) in [5.41, 5.74) is 9.23. The highest BCUT2D eigenvalue weighted by atomic mass is 32.1. The minimum Gasteiger partial charge on any atom is -0.389 e. The van der Waals surface area contributed by atoms with Crippen LogP contribution >= 0.6 is 12.2 Å². The number of benzene rings is 2. The summed E-state index contributed by atoms with van der Waals surface area (Å²) in [6, 6.07) is 15.1. The first kappa shape index (κ1) is 14.2. The SMILES string of the molecule is Cc1ccc(NC(=O)Cc2ccc(C(N)=S)cc2)cc1. The summed E-state index contributed by atoms with van der Waals surface area (Å²) in [6.45, 7) is 2.01. The van der Waals surface area contributed by atoms with Gasteiger partial charge in [-0.3, -0.25) is 4.79 Å². The van der Waals surface area contributed by atoms with Gasteiger partial charge < -0.3 is 11.1 Å². The van der Waals surface area contributed by atoms with E-state index in [9.17, 15) is 4.79 Å². The lowest BCUT2D eigenvalue weighted by molar-refractivity contribution is -0.115. The predicted octanol–water partition coefficient (Wildman–Crippen LogP) is 2.81. The molecule has 3 nitrogen and oxygen atoms in total. The fraction of sp³-hybridized carbons (Fsp3) is 0.125. The lowest BCUT2D eigenvalue weighted by Crippen LogP contribution is -2.14. The van der Waals surface area contributed by atoms with Crippen molar-refractivity contribution in [3.05, 3.63) is 65.2 Å². The van der Waals surface area contributed by atoms with Crippen LogP contribution in [0.15, 0.2) is 48.5 Å².